The lowest BCUT2D eigenvalue weighted by atomic mass is 10.0. The third kappa shape index (κ3) is 3.15. The molecule has 4 rings (SSSR count). The van der Waals surface area contributed by atoms with Crippen molar-refractivity contribution in [2.45, 2.75) is 13.0 Å². The third-order valence-corrected chi connectivity index (χ3v) is 5.21. The molecule has 0 aliphatic carbocycles. The van der Waals surface area contributed by atoms with Gasteiger partial charge in [0.1, 0.15) is 10.8 Å². The fourth-order valence-corrected chi connectivity index (χ4v) is 3.68. The molecule has 1 N–H and O–H groups in total. The summed E-state index contributed by atoms with van der Waals surface area (Å²) in [5.74, 6) is -0.669. The van der Waals surface area contributed by atoms with E-state index in [1.807, 2.05) is 6.07 Å². The van der Waals surface area contributed by atoms with Crippen LogP contribution in [-0.2, 0) is 17.7 Å². The Morgan fingerprint density at radius 3 is 2.81 bits per heavy atom. The van der Waals surface area contributed by atoms with Gasteiger partial charge in [0.15, 0.2) is 0 Å². The molecule has 0 spiro atoms. The first-order valence-corrected chi connectivity index (χ1v) is 9.06. The molecular weight excluding hydrogens is 389 g/mol. The van der Waals surface area contributed by atoms with Gasteiger partial charge in [0.25, 0.3) is 5.91 Å². The predicted molar refractivity (Wildman–Crippen MR) is 102 cm³/mol. The predicted octanol–water partition coefficient (Wildman–Crippen LogP) is 3.85. The number of carbonyl (C=O) groups is 2. The maximum Gasteiger partial charge on any atom is 0.337 e. The van der Waals surface area contributed by atoms with Gasteiger partial charge in [-0.05, 0) is 30.3 Å². The summed E-state index contributed by atoms with van der Waals surface area (Å²) < 4.78 is 4.80. The first kappa shape index (κ1) is 17.8. The number of hydrogen-bond donors (Lipinski definition) is 1. The van der Waals surface area contributed by atoms with E-state index in [0.717, 1.165) is 22.2 Å². The largest absolute Gasteiger partial charge is 0.465 e. The summed E-state index contributed by atoms with van der Waals surface area (Å²) in [7, 11) is 1.35. The summed E-state index contributed by atoms with van der Waals surface area (Å²) in [4.78, 5) is 33.9. The zero-order chi connectivity index (χ0) is 19.1. The van der Waals surface area contributed by atoms with Crippen molar-refractivity contribution in [2.75, 3.05) is 13.7 Å². The van der Waals surface area contributed by atoms with Crippen LogP contribution in [0, 0.1) is 0 Å². The van der Waals surface area contributed by atoms with Crippen LogP contribution in [0.25, 0.3) is 10.9 Å². The highest BCUT2D eigenvalue weighted by Crippen LogP contribution is 2.30. The van der Waals surface area contributed by atoms with Crippen LogP contribution in [0.5, 0.6) is 0 Å². The van der Waals surface area contributed by atoms with Gasteiger partial charge in [-0.15, -0.1) is 0 Å². The smallest absolute Gasteiger partial charge is 0.337 e. The molecule has 1 amide bonds. The number of aromatic nitrogens is 2. The van der Waals surface area contributed by atoms with Crippen molar-refractivity contribution in [1.82, 2.24) is 14.9 Å². The second-order valence-corrected chi connectivity index (χ2v) is 7.07. The zero-order valence-corrected chi connectivity index (χ0v) is 15.9. The van der Waals surface area contributed by atoms with E-state index in [9.17, 15) is 9.59 Å². The van der Waals surface area contributed by atoms with Crippen LogP contribution in [0.3, 0.4) is 0 Å². The van der Waals surface area contributed by atoms with Gasteiger partial charge in [-0.1, -0.05) is 23.2 Å². The molecule has 1 aliphatic rings. The van der Waals surface area contributed by atoms with Crippen molar-refractivity contribution in [1.29, 1.82) is 0 Å². The number of nitrogens with one attached hydrogen (secondary N) is 1. The summed E-state index contributed by atoms with van der Waals surface area (Å²) in [5, 5.41) is 1.38. The molecule has 0 fully saturated rings. The van der Waals surface area contributed by atoms with Crippen molar-refractivity contribution in [3.63, 3.8) is 0 Å². The molecule has 0 bridgehead atoms. The maximum atomic E-state index is 12.9. The fraction of sp³-hybridized carbons (Fsp3) is 0.211. The van der Waals surface area contributed by atoms with Gasteiger partial charge >= 0.3 is 5.97 Å². The third-order valence-electron chi connectivity index (χ3n) is 4.70. The minimum Gasteiger partial charge on any atom is -0.465 e. The number of fused-ring (bicyclic) bond motifs is 3. The molecule has 3 aromatic rings. The van der Waals surface area contributed by atoms with Gasteiger partial charge < -0.3 is 14.6 Å². The van der Waals surface area contributed by atoms with Crippen molar-refractivity contribution in [3.05, 3.63) is 63.0 Å². The number of pyridine rings is 1. The summed E-state index contributed by atoms with van der Waals surface area (Å²) >= 11 is 12.0. The average molecular weight is 404 g/mol. The molecular formula is C19H15Cl2N3O3. The van der Waals surface area contributed by atoms with E-state index in [1.165, 1.54) is 7.11 Å². The molecule has 1 aliphatic heterocycles. The number of esters is 1. The van der Waals surface area contributed by atoms with Gasteiger partial charge in [0.05, 0.1) is 17.7 Å². The number of ether oxygens (including phenoxy) is 1. The van der Waals surface area contributed by atoms with Gasteiger partial charge in [0.2, 0.25) is 0 Å². The lowest BCUT2D eigenvalue weighted by molar-refractivity contribution is 0.0600. The number of carbonyl (C=O) groups excluding carboxylic acids is 2. The SMILES string of the molecule is COC(=O)c1ccc2[nH]c3c(c2c1)CN(C(=O)c1nc(Cl)ccc1Cl)CC3. The number of H-pyrrole nitrogens is 1. The molecule has 8 heteroatoms. The molecule has 0 atom stereocenters. The van der Waals surface area contributed by atoms with E-state index in [2.05, 4.69) is 9.97 Å². The zero-order valence-electron chi connectivity index (χ0n) is 14.4. The molecule has 6 nitrogen and oxygen atoms in total. The van der Waals surface area contributed by atoms with Crippen LogP contribution in [0.4, 0.5) is 0 Å². The first-order valence-electron chi connectivity index (χ1n) is 8.31. The Morgan fingerprint density at radius 1 is 1.22 bits per heavy atom. The fourth-order valence-electron chi connectivity index (χ4n) is 3.35. The normalized spacial score (nSPS) is 13.5. The minimum atomic E-state index is -0.398. The van der Waals surface area contributed by atoms with E-state index in [1.54, 1.807) is 29.2 Å². The molecule has 0 saturated carbocycles. The second-order valence-electron chi connectivity index (χ2n) is 6.28. The molecule has 27 heavy (non-hydrogen) atoms. The lowest BCUT2D eigenvalue weighted by Gasteiger charge is -2.27. The monoisotopic (exact) mass is 403 g/mol. The Bertz CT molecular complexity index is 1080. The first-order chi connectivity index (χ1) is 13.0. The lowest BCUT2D eigenvalue weighted by Crippen LogP contribution is -2.36. The van der Waals surface area contributed by atoms with E-state index < -0.39 is 5.97 Å². The van der Waals surface area contributed by atoms with Crippen molar-refractivity contribution in [2.24, 2.45) is 0 Å². The van der Waals surface area contributed by atoms with Gasteiger partial charge in [-0.3, -0.25) is 4.79 Å². The number of halogens is 2. The van der Waals surface area contributed by atoms with Gasteiger partial charge in [-0.25, -0.2) is 9.78 Å². The Morgan fingerprint density at radius 2 is 2.04 bits per heavy atom. The molecule has 138 valence electrons. The molecule has 0 unspecified atom stereocenters. The second kappa shape index (κ2) is 6.87. The highest BCUT2D eigenvalue weighted by atomic mass is 35.5. The van der Waals surface area contributed by atoms with Crippen LogP contribution in [0.2, 0.25) is 10.2 Å². The molecule has 3 heterocycles. The average Bonchev–Trinajstić information content (AvgIpc) is 3.05. The van der Waals surface area contributed by atoms with Crippen LogP contribution in [0.1, 0.15) is 32.1 Å². The summed E-state index contributed by atoms with van der Waals surface area (Å²) in [5.41, 5.74) is 3.56. The van der Waals surface area contributed by atoms with Crippen LogP contribution in [-0.4, -0.2) is 40.4 Å². The highest BCUT2D eigenvalue weighted by Gasteiger charge is 2.27. The number of nitrogens with zero attached hydrogens (tertiary/aromatic N) is 2. The van der Waals surface area contributed by atoms with Crippen molar-refractivity contribution < 1.29 is 14.3 Å². The Hall–Kier alpha value is -2.57. The van der Waals surface area contributed by atoms with Crippen LogP contribution < -0.4 is 0 Å². The van der Waals surface area contributed by atoms with Crippen LogP contribution in [0.15, 0.2) is 30.3 Å². The van der Waals surface area contributed by atoms with E-state index in [-0.39, 0.29) is 21.8 Å². The number of methoxy groups -OCH3 is 1. The Kier molecular flexibility index (Phi) is 4.53. The maximum absolute atomic E-state index is 12.9. The van der Waals surface area contributed by atoms with E-state index in [4.69, 9.17) is 27.9 Å². The topological polar surface area (TPSA) is 75.3 Å². The standard InChI is InChI=1S/C19H15Cl2N3O3/c1-27-19(26)10-2-4-14-11(8-10)12-9-24(7-6-15(12)22-14)18(25)17-13(20)3-5-16(21)23-17/h2-5,8,22H,6-7,9H2,1H3. The Labute approximate surface area is 165 Å². The van der Waals surface area contributed by atoms with Gasteiger partial charge in [-0.2, -0.15) is 0 Å². The summed E-state index contributed by atoms with van der Waals surface area (Å²) in [6.45, 7) is 0.927. The Balaban J connectivity index is 1.70. The summed E-state index contributed by atoms with van der Waals surface area (Å²) in [6.07, 6.45) is 0.668. The van der Waals surface area contributed by atoms with Gasteiger partial charge in [0, 0.05) is 41.7 Å². The number of hydrogen-bond acceptors (Lipinski definition) is 4. The number of benzene rings is 1. The minimum absolute atomic E-state index is 0.141. The number of aromatic amines is 1. The highest BCUT2D eigenvalue weighted by molar-refractivity contribution is 6.34. The number of rotatable bonds is 2. The number of amides is 1. The van der Waals surface area contributed by atoms with E-state index in [0.29, 0.717) is 25.1 Å². The summed E-state index contributed by atoms with van der Waals surface area (Å²) in [6, 6.07) is 8.46. The van der Waals surface area contributed by atoms with Crippen LogP contribution >= 0.6 is 23.2 Å². The van der Waals surface area contributed by atoms with E-state index >= 15 is 0 Å². The molecule has 1 aromatic carbocycles. The molecule has 0 saturated heterocycles. The quantitative estimate of drug-likeness (QED) is 0.520. The van der Waals surface area contributed by atoms with Crippen molar-refractivity contribution >= 4 is 46.0 Å². The molecule has 2 aromatic heterocycles. The van der Waals surface area contributed by atoms with Crippen molar-refractivity contribution in [3.8, 4) is 0 Å². The molecule has 0 radical (unpaired) electrons.